The Morgan fingerprint density at radius 1 is 0.857 bits per heavy atom. The third-order valence-electron chi connectivity index (χ3n) is 7.47. The highest BCUT2D eigenvalue weighted by molar-refractivity contribution is 5.82. The number of carbonyl (C=O) groups is 2. The van der Waals surface area contributed by atoms with Gasteiger partial charge in [-0.2, -0.15) is 0 Å². The van der Waals surface area contributed by atoms with Crippen molar-refractivity contribution in [1.82, 2.24) is 20.0 Å². The second kappa shape index (κ2) is 11.8. The Kier molecular flexibility index (Phi) is 8.58. The van der Waals surface area contributed by atoms with E-state index in [1.165, 1.54) is 6.42 Å². The van der Waals surface area contributed by atoms with Crippen LogP contribution in [0, 0.1) is 11.8 Å². The summed E-state index contributed by atoms with van der Waals surface area (Å²) >= 11 is 0. The Hall–Kier alpha value is -2.70. The smallest absolute Gasteiger partial charge is 0.237 e. The maximum Gasteiger partial charge on any atom is 0.237 e. The molecule has 2 aromatic carbocycles. The number of amides is 2. The number of likely N-dealkylation sites (tertiary alicyclic amines) is 1. The first kappa shape index (κ1) is 25.4. The number of nitrogens with zero attached hydrogens (tertiary/aromatic N) is 3. The number of rotatable bonds is 7. The van der Waals surface area contributed by atoms with Gasteiger partial charge in [0.1, 0.15) is 0 Å². The number of hydrogen-bond donors (Lipinski definition) is 1. The molecule has 6 heteroatoms. The molecule has 0 saturated carbocycles. The van der Waals surface area contributed by atoms with Crippen molar-refractivity contribution >= 4 is 11.8 Å². The molecular weight excluding hydrogens is 436 g/mol. The van der Waals surface area contributed by atoms with E-state index in [4.69, 9.17) is 0 Å². The Balaban J connectivity index is 1.31. The van der Waals surface area contributed by atoms with Crippen molar-refractivity contribution in [3.8, 4) is 0 Å². The molecule has 2 fully saturated rings. The van der Waals surface area contributed by atoms with Crippen LogP contribution in [-0.4, -0.2) is 78.4 Å². The van der Waals surface area contributed by atoms with E-state index in [0.29, 0.717) is 18.4 Å². The van der Waals surface area contributed by atoms with Gasteiger partial charge in [-0.3, -0.25) is 19.4 Å². The standard InChI is InChI=1S/C29H40N4O2/c1-22-18-23(2)20-33(19-22)27(34)21-31-14-16-32(17-15-31)24(3)29(35)30-28(25-10-6-4-7-11-25)26-12-8-5-9-13-26/h4-13,22-24,28H,14-21H2,1-3H3,(H,30,35). The molecule has 2 amide bonds. The zero-order valence-electron chi connectivity index (χ0n) is 21.4. The molecule has 6 nitrogen and oxygen atoms in total. The van der Waals surface area contributed by atoms with Crippen LogP contribution in [0.1, 0.15) is 44.4 Å². The third-order valence-corrected chi connectivity index (χ3v) is 7.47. The average Bonchev–Trinajstić information content (AvgIpc) is 2.87. The Morgan fingerprint density at radius 2 is 1.37 bits per heavy atom. The summed E-state index contributed by atoms with van der Waals surface area (Å²) in [6.07, 6.45) is 1.21. The lowest BCUT2D eigenvalue weighted by molar-refractivity contribution is -0.136. The van der Waals surface area contributed by atoms with E-state index in [9.17, 15) is 9.59 Å². The summed E-state index contributed by atoms with van der Waals surface area (Å²) in [5.74, 6) is 1.43. The molecule has 2 aromatic rings. The van der Waals surface area contributed by atoms with E-state index in [2.05, 4.69) is 58.1 Å². The van der Waals surface area contributed by atoms with Gasteiger partial charge in [0.2, 0.25) is 11.8 Å². The van der Waals surface area contributed by atoms with Crippen LogP contribution in [0.15, 0.2) is 60.7 Å². The molecule has 35 heavy (non-hydrogen) atoms. The van der Waals surface area contributed by atoms with Gasteiger partial charge in [-0.25, -0.2) is 0 Å². The van der Waals surface area contributed by atoms with Crippen LogP contribution < -0.4 is 5.32 Å². The number of piperazine rings is 1. The highest BCUT2D eigenvalue weighted by atomic mass is 16.2. The monoisotopic (exact) mass is 476 g/mol. The minimum atomic E-state index is -0.230. The Morgan fingerprint density at radius 3 is 1.89 bits per heavy atom. The van der Waals surface area contributed by atoms with Gasteiger partial charge in [0, 0.05) is 39.3 Å². The summed E-state index contributed by atoms with van der Waals surface area (Å²) in [5.41, 5.74) is 2.15. The van der Waals surface area contributed by atoms with Crippen molar-refractivity contribution in [3.05, 3.63) is 71.8 Å². The summed E-state index contributed by atoms with van der Waals surface area (Å²) in [5, 5.41) is 3.29. The predicted octanol–water partition coefficient (Wildman–Crippen LogP) is 3.40. The van der Waals surface area contributed by atoms with Gasteiger partial charge in [0.25, 0.3) is 0 Å². The molecule has 3 unspecified atom stereocenters. The summed E-state index contributed by atoms with van der Waals surface area (Å²) in [4.78, 5) is 32.7. The van der Waals surface area contributed by atoms with E-state index >= 15 is 0 Å². The van der Waals surface area contributed by atoms with Crippen molar-refractivity contribution in [1.29, 1.82) is 0 Å². The largest absolute Gasteiger partial charge is 0.344 e. The summed E-state index contributed by atoms with van der Waals surface area (Å²) in [7, 11) is 0. The minimum Gasteiger partial charge on any atom is -0.344 e. The maximum atomic E-state index is 13.3. The number of nitrogens with one attached hydrogen (secondary N) is 1. The first-order valence-corrected chi connectivity index (χ1v) is 13.0. The average molecular weight is 477 g/mol. The zero-order chi connectivity index (χ0) is 24.8. The van der Waals surface area contributed by atoms with Gasteiger partial charge in [-0.1, -0.05) is 74.5 Å². The fourth-order valence-electron chi connectivity index (χ4n) is 5.55. The second-order valence-electron chi connectivity index (χ2n) is 10.5. The highest BCUT2D eigenvalue weighted by Gasteiger charge is 2.30. The predicted molar refractivity (Wildman–Crippen MR) is 140 cm³/mol. The van der Waals surface area contributed by atoms with Crippen LogP contribution in [0.2, 0.25) is 0 Å². The van der Waals surface area contributed by atoms with Gasteiger partial charge in [0.05, 0.1) is 18.6 Å². The molecule has 2 saturated heterocycles. The van der Waals surface area contributed by atoms with Gasteiger partial charge in [0.15, 0.2) is 0 Å². The van der Waals surface area contributed by atoms with Crippen molar-refractivity contribution in [2.24, 2.45) is 11.8 Å². The molecule has 2 aliphatic heterocycles. The molecule has 0 bridgehead atoms. The fraction of sp³-hybridized carbons (Fsp3) is 0.517. The van der Waals surface area contributed by atoms with E-state index in [-0.39, 0.29) is 23.9 Å². The quantitative estimate of drug-likeness (QED) is 0.666. The van der Waals surface area contributed by atoms with Gasteiger partial charge in [-0.05, 0) is 36.3 Å². The zero-order valence-corrected chi connectivity index (χ0v) is 21.4. The number of benzene rings is 2. The highest BCUT2D eigenvalue weighted by Crippen LogP contribution is 2.23. The molecule has 3 atom stereocenters. The van der Waals surface area contributed by atoms with Crippen LogP contribution in [0.5, 0.6) is 0 Å². The molecule has 0 radical (unpaired) electrons. The van der Waals surface area contributed by atoms with E-state index < -0.39 is 0 Å². The molecule has 0 aromatic heterocycles. The molecule has 4 rings (SSSR count). The minimum absolute atomic E-state index is 0.0310. The SMILES string of the molecule is CC1CC(C)CN(C(=O)CN2CCN(C(C)C(=O)NC(c3ccccc3)c3ccccc3)CC2)C1. The first-order valence-electron chi connectivity index (χ1n) is 13.0. The number of hydrogen-bond acceptors (Lipinski definition) is 4. The molecular formula is C29H40N4O2. The van der Waals surface area contributed by atoms with Crippen molar-refractivity contribution in [2.75, 3.05) is 45.8 Å². The Bertz CT molecular complexity index is 910. The van der Waals surface area contributed by atoms with Crippen LogP contribution in [0.3, 0.4) is 0 Å². The first-order chi connectivity index (χ1) is 16.9. The van der Waals surface area contributed by atoms with Crippen molar-refractivity contribution < 1.29 is 9.59 Å². The fourth-order valence-corrected chi connectivity index (χ4v) is 5.55. The van der Waals surface area contributed by atoms with Gasteiger partial charge >= 0.3 is 0 Å². The van der Waals surface area contributed by atoms with Crippen LogP contribution in [0.25, 0.3) is 0 Å². The lowest BCUT2D eigenvalue weighted by Crippen LogP contribution is -2.56. The number of carbonyl (C=O) groups excluding carboxylic acids is 2. The molecule has 2 heterocycles. The lowest BCUT2D eigenvalue weighted by Gasteiger charge is -2.39. The van der Waals surface area contributed by atoms with Crippen molar-refractivity contribution in [3.63, 3.8) is 0 Å². The normalized spacial score (nSPS) is 22.7. The number of piperidine rings is 1. The van der Waals surface area contributed by atoms with E-state index in [0.717, 1.165) is 50.4 Å². The summed E-state index contributed by atoms with van der Waals surface area (Å²) < 4.78 is 0. The molecule has 0 aliphatic carbocycles. The maximum absolute atomic E-state index is 13.3. The van der Waals surface area contributed by atoms with E-state index in [1.807, 2.05) is 43.3 Å². The molecule has 1 N–H and O–H groups in total. The topological polar surface area (TPSA) is 55.9 Å². The molecule has 0 spiro atoms. The van der Waals surface area contributed by atoms with Gasteiger partial charge in [-0.15, -0.1) is 0 Å². The summed E-state index contributed by atoms with van der Waals surface area (Å²) in [6.45, 7) is 11.9. The third kappa shape index (κ3) is 6.71. The summed E-state index contributed by atoms with van der Waals surface area (Å²) in [6, 6.07) is 19.8. The van der Waals surface area contributed by atoms with Crippen molar-refractivity contribution in [2.45, 2.75) is 39.3 Å². The van der Waals surface area contributed by atoms with Crippen LogP contribution in [-0.2, 0) is 9.59 Å². The molecule has 188 valence electrons. The van der Waals surface area contributed by atoms with E-state index in [1.54, 1.807) is 0 Å². The second-order valence-corrected chi connectivity index (χ2v) is 10.5. The van der Waals surface area contributed by atoms with Crippen LogP contribution in [0.4, 0.5) is 0 Å². The van der Waals surface area contributed by atoms with Crippen LogP contribution >= 0.6 is 0 Å². The lowest BCUT2D eigenvalue weighted by atomic mass is 9.92. The molecule has 2 aliphatic rings. The van der Waals surface area contributed by atoms with Gasteiger partial charge < -0.3 is 10.2 Å². The Labute approximate surface area is 210 Å².